The van der Waals surface area contributed by atoms with Crippen LogP contribution < -0.4 is 5.32 Å². The van der Waals surface area contributed by atoms with E-state index in [1.165, 1.54) is 17.3 Å². The van der Waals surface area contributed by atoms with Crippen LogP contribution in [-0.4, -0.2) is 26.4 Å². The first-order chi connectivity index (χ1) is 12.1. The van der Waals surface area contributed by atoms with E-state index in [1.807, 2.05) is 41.9 Å². The molecule has 0 fully saturated rings. The Morgan fingerprint density at radius 2 is 1.84 bits per heavy atom. The molecule has 3 rings (SSSR count). The second kappa shape index (κ2) is 8.18. The molecule has 0 aliphatic carbocycles. The van der Waals surface area contributed by atoms with E-state index in [4.69, 9.17) is 11.6 Å². The van der Waals surface area contributed by atoms with Gasteiger partial charge in [-0.25, -0.2) is 0 Å². The van der Waals surface area contributed by atoms with Crippen molar-refractivity contribution in [3.8, 4) is 0 Å². The predicted molar refractivity (Wildman–Crippen MR) is 101 cm³/mol. The molecule has 5 nitrogen and oxygen atoms in total. The highest BCUT2D eigenvalue weighted by Crippen LogP contribution is 2.22. The highest BCUT2D eigenvalue weighted by molar-refractivity contribution is 7.99. The van der Waals surface area contributed by atoms with Crippen LogP contribution >= 0.6 is 23.4 Å². The van der Waals surface area contributed by atoms with Crippen LogP contribution in [0.15, 0.2) is 59.8 Å². The zero-order valence-electron chi connectivity index (χ0n) is 13.6. The summed E-state index contributed by atoms with van der Waals surface area (Å²) in [7, 11) is 1.91. The number of hydrogen-bond donors (Lipinski definition) is 1. The fraction of sp³-hybridized carbons (Fsp3) is 0.167. The first-order valence-electron chi connectivity index (χ1n) is 7.73. The molecule has 0 unspecified atom stereocenters. The summed E-state index contributed by atoms with van der Waals surface area (Å²) in [5, 5.41) is 12.4. The second-order valence-electron chi connectivity index (χ2n) is 5.44. The highest BCUT2D eigenvalue weighted by Gasteiger charge is 2.12. The molecule has 128 valence electrons. The van der Waals surface area contributed by atoms with E-state index < -0.39 is 0 Å². The topological polar surface area (TPSA) is 59.8 Å². The maximum Gasteiger partial charge on any atom is 0.234 e. The zero-order chi connectivity index (χ0) is 17.6. The molecule has 1 aromatic heterocycles. The normalized spacial score (nSPS) is 10.6. The number of nitrogens with zero attached hydrogens (tertiary/aromatic N) is 3. The summed E-state index contributed by atoms with van der Waals surface area (Å²) in [4.78, 5) is 12.1. The fourth-order valence-corrected chi connectivity index (χ4v) is 3.20. The molecule has 7 heteroatoms. The maximum absolute atomic E-state index is 12.1. The van der Waals surface area contributed by atoms with Crippen LogP contribution in [0.3, 0.4) is 0 Å². The summed E-state index contributed by atoms with van der Waals surface area (Å²) in [5.74, 6) is 0.966. The number of hydrogen-bond acceptors (Lipinski definition) is 4. The molecular formula is C18H17ClN4OS. The van der Waals surface area contributed by atoms with Crippen molar-refractivity contribution < 1.29 is 4.79 Å². The van der Waals surface area contributed by atoms with Gasteiger partial charge in [-0.15, -0.1) is 10.2 Å². The Morgan fingerprint density at radius 1 is 1.12 bits per heavy atom. The molecule has 0 spiro atoms. The molecule has 0 aliphatic rings. The monoisotopic (exact) mass is 372 g/mol. The third kappa shape index (κ3) is 4.61. The highest BCUT2D eigenvalue weighted by atomic mass is 35.5. The minimum atomic E-state index is -0.134. The van der Waals surface area contributed by atoms with E-state index in [-0.39, 0.29) is 11.7 Å². The molecule has 2 aromatic carbocycles. The van der Waals surface area contributed by atoms with Crippen LogP contribution in [-0.2, 0) is 18.3 Å². The van der Waals surface area contributed by atoms with Crippen LogP contribution in [0.1, 0.15) is 11.4 Å². The molecule has 0 atom stereocenters. The van der Waals surface area contributed by atoms with Crippen molar-refractivity contribution >= 4 is 35.0 Å². The number of anilines is 1. The lowest BCUT2D eigenvalue weighted by Crippen LogP contribution is -2.14. The summed E-state index contributed by atoms with van der Waals surface area (Å²) in [6.45, 7) is 0. The molecule has 25 heavy (non-hydrogen) atoms. The quantitative estimate of drug-likeness (QED) is 0.669. The number of nitrogens with one attached hydrogen (secondary N) is 1. The first kappa shape index (κ1) is 17.5. The average Bonchev–Trinajstić information content (AvgIpc) is 2.96. The van der Waals surface area contributed by atoms with Gasteiger partial charge in [0.15, 0.2) is 5.16 Å². The van der Waals surface area contributed by atoms with Gasteiger partial charge in [0, 0.05) is 13.5 Å². The Morgan fingerprint density at radius 3 is 2.60 bits per heavy atom. The molecule has 0 saturated carbocycles. The standard InChI is InChI=1S/C18H17ClN4OS/c1-23-16(11-13-7-3-2-4-8-13)21-22-18(23)25-12-17(24)20-15-10-6-5-9-14(15)19/h2-10H,11-12H2,1H3,(H,20,24). The Hall–Kier alpha value is -2.31. The molecule has 3 aromatic rings. The van der Waals surface area contributed by atoms with Crippen LogP contribution in [0.4, 0.5) is 5.69 Å². The Labute approximate surface area is 155 Å². The lowest BCUT2D eigenvalue weighted by Gasteiger charge is -2.07. The third-order valence-corrected chi connectivity index (χ3v) is 4.96. The van der Waals surface area contributed by atoms with Crippen molar-refractivity contribution in [1.29, 1.82) is 0 Å². The number of para-hydroxylation sites is 1. The number of thioether (sulfide) groups is 1. The van der Waals surface area contributed by atoms with Crippen LogP contribution in [0.25, 0.3) is 0 Å². The first-order valence-corrected chi connectivity index (χ1v) is 9.09. The van der Waals surface area contributed by atoms with E-state index in [0.717, 1.165) is 5.82 Å². The summed E-state index contributed by atoms with van der Waals surface area (Å²) in [6, 6.07) is 17.2. The van der Waals surface area contributed by atoms with Gasteiger partial charge in [0.05, 0.1) is 16.5 Å². The molecule has 0 radical (unpaired) electrons. The van der Waals surface area contributed by atoms with Crippen LogP contribution in [0.5, 0.6) is 0 Å². The van der Waals surface area contributed by atoms with Crippen molar-refractivity contribution in [1.82, 2.24) is 14.8 Å². The Balaban J connectivity index is 1.58. The molecule has 0 saturated heterocycles. The summed E-state index contributed by atoms with van der Waals surface area (Å²) < 4.78 is 1.92. The number of aromatic nitrogens is 3. The van der Waals surface area contributed by atoms with E-state index in [9.17, 15) is 4.79 Å². The van der Waals surface area contributed by atoms with Crippen molar-refractivity contribution in [3.63, 3.8) is 0 Å². The Bertz CT molecular complexity index is 867. The molecule has 1 amide bonds. The summed E-state index contributed by atoms with van der Waals surface area (Å²) >= 11 is 7.39. The van der Waals surface area contributed by atoms with Gasteiger partial charge >= 0.3 is 0 Å². The Kier molecular flexibility index (Phi) is 5.73. The number of halogens is 1. The molecule has 1 N–H and O–H groups in total. The van der Waals surface area contributed by atoms with Crippen LogP contribution in [0, 0.1) is 0 Å². The minimum absolute atomic E-state index is 0.134. The zero-order valence-corrected chi connectivity index (χ0v) is 15.2. The lowest BCUT2D eigenvalue weighted by molar-refractivity contribution is -0.113. The van der Waals surface area contributed by atoms with E-state index in [2.05, 4.69) is 27.6 Å². The summed E-state index contributed by atoms with van der Waals surface area (Å²) in [5.41, 5.74) is 1.78. The molecule has 1 heterocycles. The predicted octanol–water partition coefficient (Wildman–Crippen LogP) is 3.79. The molecule has 0 aliphatic heterocycles. The van der Waals surface area contributed by atoms with Gasteiger partial charge < -0.3 is 9.88 Å². The van der Waals surface area contributed by atoms with Gasteiger partial charge in [0.1, 0.15) is 5.82 Å². The van der Waals surface area contributed by atoms with Crippen molar-refractivity contribution in [3.05, 3.63) is 71.0 Å². The largest absolute Gasteiger partial charge is 0.324 e. The van der Waals surface area contributed by atoms with Gasteiger partial charge in [-0.05, 0) is 17.7 Å². The second-order valence-corrected chi connectivity index (χ2v) is 6.79. The van der Waals surface area contributed by atoms with Crippen LogP contribution in [0.2, 0.25) is 5.02 Å². The van der Waals surface area contributed by atoms with Gasteiger partial charge in [-0.3, -0.25) is 4.79 Å². The van der Waals surface area contributed by atoms with E-state index in [0.29, 0.717) is 22.3 Å². The van der Waals surface area contributed by atoms with Gasteiger partial charge in [0.2, 0.25) is 5.91 Å². The average molecular weight is 373 g/mol. The number of carbonyl (C=O) groups is 1. The van der Waals surface area contributed by atoms with Crippen molar-refractivity contribution in [2.24, 2.45) is 7.05 Å². The third-order valence-electron chi connectivity index (χ3n) is 3.61. The van der Waals surface area contributed by atoms with Gasteiger partial charge in [-0.1, -0.05) is 65.8 Å². The fourth-order valence-electron chi connectivity index (χ4n) is 2.28. The summed E-state index contributed by atoms with van der Waals surface area (Å²) in [6.07, 6.45) is 0.705. The molecule has 0 bridgehead atoms. The van der Waals surface area contributed by atoms with Crippen molar-refractivity contribution in [2.45, 2.75) is 11.6 Å². The number of carbonyl (C=O) groups excluding carboxylic acids is 1. The van der Waals surface area contributed by atoms with Gasteiger partial charge in [-0.2, -0.15) is 0 Å². The number of amides is 1. The molecular weight excluding hydrogens is 356 g/mol. The SMILES string of the molecule is Cn1c(Cc2ccccc2)nnc1SCC(=O)Nc1ccccc1Cl. The number of rotatable bonds is 6. The lowest BCUT2D eigenvalue weighted by atomic mass is 10.1. The van der Waals surface area contributed by atoms with E-state index >= 15 is 0 Å². The van der Waals surface area contributed by atoms with Crippen molar-refractivity contribution in [2.75, 3.05) is 11.1 Å². The smallest absolute Gasteiger partial charge is 0.234 e. The van der Waals surface area contributed by atoms with E-state index in [1.54, 1.807) is 12.1 Å². The minimum Gasteiger partial charge on any atom is -0.324 e. The van der Waals surface area contributed by atoms with Gasteiger partial charge in [0.25, 0.3) is 0 Å². The number of benzene rings is 2. The maximum atomic E-state index is 12.1.